The number of rotatable bonds is 4. The summed E-state index contributed by atoms with van der Waals surface area (Å²) in [5.41, 5.74) is 5.40. The molecule has 0 saturated carbocycles. The summed E-state index contributed by atoms with van der Waals surface area (Å²) in [4.78, 5) is 22.3. The molecule has 0 radical (unpaired) electrons. The molecule has 0 aromatic heterocycles. The Labute approximate surface area is 108 Å². The van der Waals surface area contributed by atoms with E-state index in [4.69, 9.17) is 28.9 Å². The lowest BCUT2D eigenvalue weighted by molar-refractivity contribution is -0.123. The first-order valence-corrected chi connectivity index (χ1v) is 5.51. The molecule has 0 aliphatic heterocycles. The number of hydrogen-bond donors (Lipinski definition) is 3. The zero-order valence-corrected chi connectivity index (χ0v) is 10.3. The van der Waals surface area contributed by atoms with Crippen LogP contribution in [0.25, 0.3) is 0 Å². The van der Waals surface area contributed by atoms with Crippen LogP contribution in [0, 0.1) is 0 Å². The van der Waals surface area contributed by atoms with Crippen molar-refractivity contribution in [2.75, 3.05) is 18.4 Å². The number of nitrogens with two attached hydrogens (primary N) is 1. The molecule has 7 heteroatoms. The molecular formula is C10H11Cl2N3O2. The third kappa shape index (κ3) is 4.22. The first-order valence-electron chi connectivity index (χ1n) is 4.75. The van der Waals surface area contributed by atoms with Gasteiger partial charge in [0, 0.05) is 0 Å². The lowest BCUT2D eigenvalue weighted by Crippen LogP contribution is -2.36. The van der Waals surface area contributed by atoms with Gasteiger partial charge in [0.05, 0.1) is 28.8 Å². The van der Waals surface area contributed by atoms with Crippen LogP contribution in [-0.4, -0.2) is 24.9 Å². The number of halogens is 2. The van der Waals surface area contributed by atoms with Gasteiger partial charge in [-0.25, -0.2) is 0 Å². The molecule has 0 aliphatic rings. The van der Waals surface area contributed by atoms with E-state index in [1.807, 2.05) is 0 Å². The van der Waals surface area contributed by atoms with Gasteiger partial charge in [0.25, 0.3) is 0 Å². The Morgan fingerprint density at radius 1 is 1.18 bits per heavy atom. The highest BCUT2D eigenvalue weighted by Crippen LogP contribution is 2.29. The van der Waals surface area contributed by atoms with E-state index in [0.717, 1.165) is 0 Å². The second-order valence-electron chi connectivity index (χ2n) is 3.13. The second kappa shape index (κ2) is 6.44. The summed E-state index contributed by atoms with van der Waals surface area (Å²) in [7, 11) is 0. The fourth-order valence-electron chi connectivity index (χ4n) is 1.05. The first kappa shape index (κ1) is 13.8. The highest BCUT2D eigenvalue weighted by atomic mass is 35.5. The van der Waals surface area contributed by atoms with Gasteiger partial charge in [-0.3, -0.25) is 9.59 Å². The normalized spacial score (nSPS) is 9.82. The molecule has 92 valence electrons. The van der Waals surface area contributed by atoms with Crippen LogP contribution in [0.1, 0.15) is 0 Å². The van der Waals surface area contributed by atoms with Crippen molar-refractivity contribution >= 4 is 40.7 Å². The van der Waals surface area contributed by atoms with E-state index in [-0.39, 0.29) is 13.1 Å². The van der Waals surface area contributed by atoms with E-state index in [9.17, 15) is 9.59 Å². The van der Waals surface area contributed by atoms with E-state index in [1.165, 1.54) is 0 Å². The minimum absolute atomic E-state index is 0.167. The summed E-state index contributed by atoms with van der Waals surface area (Å²) in [6.45, 7) is -0.349. The summed E-state index contributed by atoms with van der Waals surface area (Å²) < 4.78 is 0. The van der Waals surface area contributed by atoms with Crippen molar-refractivity contribution in [2.24, 2.45) is 5.73 Å². The molecule has 17 heavy (non-hydrogen) atoms. The van der Waals surface area contributed by atoms with Gasteiger partial charge in [0.1, 0.15) is 0 Å². The molecule has 1 aromatic carbocycles. The van der Waals surface area contributed by atoms with E-state index in [1.54, 1.807) is 18.2 Å². The van der Waals surface area contributed by atoms with Crippen molar-refractivity contribution < 1.29 is 9.59 Å². The van der Waals surface area contributed by atoms with Gasteiger partial charge >= 0.3 is 0 Å². The minimum Gasteiger partial charge on any atom is -0.346 e. The van der Waals surface area contributed by atoms with Gasteiger partial charge < -0.3 is 16.4 Å². The molecule has 1 rings (SSSR count). The summed E-state index contributed by atoms with van der Waals surface area (Å²) in [5.74, 6) is -0.841. The zero-order valence-electron chi connectivity index (χ0n) is 8.80. The van der Waals surface area contributed by atoms with Crippen molar-refractivity contribution in [1.82, 2.24) is 5.32 Å². The van der Waals surface area contributed by atoms with E-state index in [2.05, 4.69) is 10.6 Å². The Kier molecular flexibility index (Phi) is 5.21. The van der Waals surface area contributed by atoms with Crippen molar-refractivity contribution in [2.45, 2.75) is 0 Å². The number of anilines is 1. The molecule has 0 heterocycles. The Balaban J connectivity index is 2.59. The maximum absolute atomic E-state index is 11.5. The first-order chi connectivity index (χ1) is 8.04. The summed E-state index contributed by atoms with van der Waals surface area (Å²) in [6.07, 6.45) is 0. The van der Waals surface area contributed by atoms with E-state index in [0.29, 0.717) is 15.7 Å². The number of amides is 2. The number of para-hydroxylation sites is 1. The Morgan fingerprint density at radius 3 is 2.29 bits per heavy atom. The van der Waals surface area contributed by atoms with Crippen LogP contribution in [-0.2, 0) is 9.59 Å². The highest BCUT2D eigenvalue weighted by molar-refractivity contribution is 6.39. The van der Waals surface area contributed by atoms with E-state index < -0.39 is 11.8 Å². The molecule has 2 amide bonds. The topological polar surface area (TPSA) is 84.2 Å². The van der Waals surface area contributed by atoms with Crippen molar-refractivity contribution in [3.8, 4) is 0 Å². The van der Waals surface area contributed by atoms with Crippen LogP contribution < -0.4 is 16.4 Å². The molecule has 0 fully saturated rings. The standard InChI is InChI=1S/C10H11Cl2N3O2/c11-6-2-1-3-7(12)10(6)15-9(17)5-14-8(16)4-13/h1-3H,4-5,13H2,(H,14,16)(H,15,17). The summed E-state index contributed by atoms with van der Waals surface area (Å²) in [6, 6.07) is 4.86. The fraction of sp³-hybridized carbons (Fsp3) is 0.200. The molecule has 4 N–H and O–H groups in total. The maximum atomic E-state index is 11.5. The largest absolute Gasteiger partial charge is 0.346 e. The second-order valence-corrected chi connectivity index (χ2v) is 3.94. The van der Waals surface area contributed by atoms with Gasteiger partial charge in [-0.05, 0) is 12.1 Å². The molecule has 0 spiro atoms. The van der Waals surface area contributed by atoms with Crippen LogP contribution in [0.5, 0.6) is 0 Å². The molecule has 0 saturated heterocycles. The van der Waals surface area contributed by atoms with Gasteiger partial charge in [-0.15, -0.1) is 0 Å². The SMILES string of the molecule is NCC(=O)NCC(=O)Nc1c(Cl)cccc1Cl. The highest BCUT2D eigenvalue weighted by Gasteiger charge is 2.09. The Morgan fingerprint density at radius 2 is 1.76 bits per heavy atom. The molecule has 0 atom stereocenters. The Bertz CT molecular complexity index is 417. The number of hydrogen-bond acceptors (Lipinski definition) is 3. The Hall–Kier alpha value is -1.30. The number of carbonyl (C=O) groups is 2. The quantitative estimate of drug-likeness (QED) is 0.767. The van der Waals surface area contributed by atoms with Gasteiger partial charge in [0.15, 0.2) is 0 Å². The predicted octanol–water partition coefficient (Wildman–Crippen LogP) is 1.01. The third-order valence-corrected chi connectivity index (χ3v) is 2.49. The average Bonchev–Trinajstić information content (AvgIpc) is 2.31. The molecule has 1 aromatic rings. The molecule has 5 nitrogen and oxygen atoms in total. The smallest absolute Gasteiger partial charge is 0.243 e. The number of carbonyl (C=O) groups excluding carboxylic acids is 2. The van der Waals surface area contributed by atoms with Crippen molar-refractivity contribution in [3.63, 3.8) is 0 Å². The monoisotopic (exact) mass is 275 g/mol. The van der Waals surface area contributed by atoms with Crippen molar-refractivity contribution in [1.29, 1.82) is 0 Å². The van der Waals surface area contributed by atoms with E-state index >= 15 is 0 Å². The van der Waals surface area contributed by atoms with Gasteiger partial charge in [-0.2, -0.15) is 0 Å². The van der Waals surface area contributed by atoms with Gasteiger partial charge in [0.2, 0.25) is 11.8 Å². The van der Waals surface area contributed by atoms with Crippen LogP contribution >= 0.6 is 23.2 Å². The number of nitrogens with one attached hydrogen (secondary N) is 2. The van der Waals surface area contributed by atoms with Crippen molar-refractivity contribution in [3.05, 3.63) is 28.2 Å². The lowest BCUT2D eigenvalue weighted by Gasteiger charge is -2.09. The molecule has 0 bridgehead atoms. The van der Waals surface area contributed by atoms with Crippen LogP contribution in [0.4, 0.5) is 5.69 Å². The minimum atomic E-state index is -0.429. The van der Waals surface area contributed by atoms with Crippen LogP contribution in [0.15, 0.2) is 18.2 Å². The summed E-state index contributed by atoms with van der Waals surface area (Å²) in [5, 5.41) is 5.49. The van der Waals surface area contributed by atoms with Gasteiger partial charge in [-0.1, -0.05) is 29.3 Å². The summed E-state index contributed by atoms with van der Waals surface area (Å²) >= 11 is 11.7. The predicted molar refractivity (Wildman–Crippen MR) is 67.2 cm³/mol. The molecule has 0 aliphatic carbocycles. The van der Waals surface area contributed by atoms with Crippen LogP contribution in [0.3, 0.4) is 0 Å². The zero-order chi connectivity index (χ0) is 12.8. The molecular weight excluding hydrogens is 265 g/mol. The maximum Gasteiger partial charge on any atom is 0.243 e. The lowest BCUT2D eigenvalue weighted by atomic mass is 10.3. The molecule has 0 unspecified atom stereocenters. The van der Waals surface area contributed by atoms with Crippen LogP contribution in [0.2, 0.25) is 10.0 Å². The number of benzene rings is 1. The third-order valence-electron chi connectivity index (χ3n) is 1.86. The average molecular weight is 276 g/mol. The fourth-order valence-corrected chi connectivity index (χ4v) is 1.54.